The quantitative estimate of drug-likeness (QED) is 0.833. The van der Waals surface area contributed by atoms with E-state index in [4.69, 9.17) is 16.7 Å². The molecule has 2 N–H and O–H groups in total. The molecule has 0 aliphatic carbocycles. The summed E-state index contributed by atoms with van der Waals surface area (Å²) in [7, 11) is -3.62. The molecule has 1 aromatic carbocycles. The lowest BCUT2D eigenvalue weighted by molar-refractivity contribution is 0.281. The van der Waals surface area contributed by atoms with Crippen molar-refractivity contribution in [2.75, 3.05) is 6.54 Å². The minimum absolute atomic E-state index is 0.0754. The van der Waals surface area contributed by atoms with Gasteiger partial charge in [0.2, 0.25) is 10.0 Å². The minimum atomic E-state index is -3.62. The normalized spacial score (nSPS) is 11.7. The predicted octanol–water partition coefficient (Wildman–Crippen LogP) is 1.01. The molecule has 2 aromatic rings. The maximum absolute atomic E-state index is 12.1. The van der Waals surface area contributed by atoms with Gasteiger partial charge in [0.1, 0.15) is 0 Å². The number of benzene rings is 1. The summed E-state index contributed by atoms with van der Waals surface area (Å²) in [5, 5.41) is 13.4. The molecule has 0 spiro atoms. The molecule has 0 aliphatic rings. The minimum Gasteiger partial charge on any atom is -0.392 e. The Kier molecular flexibility index (Phi) is 4.77. The number of sulfonamides is 1. The zero-order chi connectivity index (χ0) is 14.6. The van der Waals surface area contributed by atoms with Gasteiger partial charge in [-0.15, -0.1) is 0 Å². The van der Waals surface area contributed by atoms with E-state index in [9.17, 15) is 8.42 Å². The average molecular weight is 316 g/mol. The SMILES string of the molecule is O=S(=O)(NCCn1cccn1)c1ccc(Cl)c(CO)c1. The Morgan fingerprint density at radius 2 is 2.20 bits per heavy atom. The van der Waals surface area contributed by atoms with Crippen molar-refractivity contribution in [2.45, 2.75) is 18.0 Å². The van der Waals surface area contributed by atoms with Gasteiger partial charge in [0.25, 0.3) is 0 Å². The van der Waals surface area contributed by atoms with Crippen molar-refractivity contribution in [1.29, 1.82) is 0 Å². The van der Waals surface area contributed by atoms with Crippen LogP contribution in [0, 0.1) is 0 Å². The third-order valence-electron chi connectivity index (χ3n) is 2.69. The van der Waals surface area contributed by atoms with Crippen LogP contribution in [0.4, 0.5) is 0 Å². The molecule has 0 saturated carbocycles. The van der Waals surface area contributed by atoms with Gasteiger partial charge in [-0.3, -0.25) is 4.68 Å². The van der Waals surface area contributed by atoms with Gasteiger partial charge in [0, 0.05) is 24.0 Å². The molecule has 1 heterocycles. The van der Waals surface area contributed by atoms with Crippen LogP contribution in [0.15, 0.2) is 41.6 Å². The summed E-state index contributed by atoms with van der Waals surface area (Å²) in [6.45, 7) is 0.350. The Labute approximate surface area is 122 Å². The molecule has 0 amide bonds. The molecule has 108 valence electrons. The molecule has 0 atom stereocenters. The van der Waals surface area contributed by atoms with Crippen molar-refractivity contribution in [3.63, 3.8) is 0 Å². The molecule has 0 bridgehead atoms. The monoisotopic (exact) mass is 315 g/mol. The number of aliphatic hydroxyl groups is 1. The maximum Gasteiger partial charge on any atom is 0.240 e. The summed E-state index contributed by atoms with van der Waals surface area (Å²) in [5.74, 6) is 0. The summed E-state index contributed by atoms with van der Waals surface area (Å²) < 4.78 is 28.2. The van der Waals surface area contributed by atoms with Crippen LogP contribution in [-0.2, 0) is 23.2 Å². The molecule has 0 saturated heterocycles. The van der Waals surface area contributed by atoms with E-state index in [0.717, 1.165) is 0 Å². The summed E-state index contributed by atoms with van der Waals surface area (Å²) in [6, 6.07) is 5.98. The van der Waals surface area contributed by atoms with Crippen molar-refractivity contribution < 1.29 is 13.5 Å². The third-order valence-corrected chi connectivity index (χ3v) is 4.52. The third kappa shape index (κ3) is 3.57. The van der Waals surface area contributed by atoms with E-state index >= 15 is 0 Å². The van der Waals surface area contributed by atoms with Crippen molar-refractivity contribution in [2.24, 2.45) is 0 Å². The predicted molar refractivity (Wildman–Crippen MR) is 74.8 cm³/mol. The number of hydrogen-bond donors (Lipinski definition) is 2. The van der Waals surface area contributed by atoms with Gasteiger partial charge < -0.3 is 5.11 Å². The highest BCUT2D eigenvalue weighted by Crippen LogP contribution is 2.20. The van der Waals surface area contributed by atoms with Crippen molar-refractivity contribution >= 4 is 21.6 Å². The lowest BCUT2D eigenvalue weighted by atomic mass is 10.2. The van der Waals surface area contributed by atoms with Crippen molar-refractivity contribution in [3.05, 3.63) is 47.2 Å². The van der Waals surface area contributed by atoms with E-state index < -0.39 is 10.0 Å². The van der Waals surface area contributed by atoms with Gasteiger partial charge in [0.15, 0.2) is 0 Å². The molecule has 6 nitrogen and oxygen atoms in total. The second-order valence-corrected chi connectivity index (χ2v) is 6.25. The van der Waals surface area contributed by atoms with Crippen LogP contribution in [-0.4, -0.2) is 29.8 Å². The average Bonchev–Trinajstić information content (AvgIpc) is 2.92. The summed E-state index contributed by atoms with van der Waals surface area (Å²) in [5.41, 5.74) is 0.376. The first-order chi connectivity index (χ1) is 9.53. The molecule has 20 heavy (non-hydrogen) atoms. The maximum atomic E-state index is 12.1. The van der Waals surface area contributed by atoms with Gasteiger partial charge in [0.05, 0.1) is 18.0 Å². The zero-order valence-electron chi connectivity index (χ0n) is 10.5. The highest BCUT2D eigenvalue weighted by Gasteiger charge is 2.15. The van der Waals surface area contributed by atoms with Crippen LogP contribution >= 0.6 is 11.6 Å². The van der Waals surface area contributed by atoms with E-state index in [-0.39, 0.29) is 18.0 Å². The van der Waals surface area contributed by atoms with E-state index in [2.05, 4.69) is 9.82 Å². The number of aromatic nitrogens is 2. The molecule has 2 rings (SSSR count). The van der Waals surface area contributed by atoms with E-state index in [1.165, 1.54) is 18.2 Å². The molecular weight excluding hydrogens is 302 g/mol. The molecule has 0 aliphatic heterocycles. The Hall–Kier alpha value is -1.41. The first-order valence-corrected chi connectivity index (χ1v) is 7.75. The van der Waals surface area contributed by atoms with Crippen molar-refractivity contribution in [1.82, 2.24) is 14.5 Å². The molecule has 0 fully saturated rings. The number of aliphatic hydroxyl groups excluding tert-OH is 1. The number of rotatable bonds is 6. The first-order valence-electron chi connectivity index (χ1n) is 5.89. The van der Waals surface area contributed by atoms with Gasteiger partial charge >= 0.3 is 0 Å². The van der Waals surface area contributed by atoms with E-state index in [1.807, 2.05) is 0 Å². The number of halogens is 1. The fraction of sp³-hybridized carbons (Fsp3) is 0.250. The molecule has 0 unspecified atom stereocenters. The smallest absolute Gasteiger partial charge is 0.240 e. The van der Waals surface area contributed by atoms with Crippen LogP contribution in [0.3, 0.4) is 0 Å². The standard InChI is InChI=1S/C12H14ClN3O3S/c13-12-3-2-11(8-10(12)9-17)20(18,19)15-5-7-16-6-1-4-14-16/h1-4,6,8,15,17H,5,7,9H2. The Bertz CT molecular complexity index is 671. The topological polar surface area (TPSA) is 84.2 Å². The second-order valence-electron chi connectivity index (χ2n) is 4.08. The fourth-order valence-corrected chi connectivity index (χ4v) is 2.90. The molecule has 1 aromatic heterocycles. The van der Waals surface area contributed by atoms with E-state index in [1.54, 1.807) is 23.1 Å². The van der Waals surface area contributed by atoms with Crippen molar-refractivity contribution in [3.8, 4) is 0 Å². The Morgan fingerprint density at radius 3 is 2.85 bits per heavy atom. The highest BCUT2D eigenvalue weighted by atomic mass is 35.5. The Morgan fingerprint density at radius 1 is 1.40 bits per heavy atom. The van der Waals surface area contributed by atoms with Gasteiger partial charge in [-0.1, -0.05) is 11.6 Å². The van der Waals surface area contributed by atoms with Crippen LogP contribution < -0.4 is 4.72 Å². The van der Waals surface area contributed by atoms with Crippen LogP contribution in [0.5, 0.6) is 0 Å². The number of hydrogen-bond acceptors (Lipinski definition) is 4. The summed E-state index contributed by atoms with van der Waals surface area (Å²) in [6.07, 6.45) is 3.38. The van der Waals surface area contributed by atoms with Crippen LogP contribution in [0.1, 0.15) is 5.56 Å². The fourth-order valence-electron chi connectivity index (χ4n) is 1.65. The number of nitrogens with zero attached hydrogens (tertiary/aromatic N) is 2. The lowest BCUT2D eigenvalue weighted by Gasteiger charge is -2.09. The van der Waals surface area contributed by atoms with Crippen LogP contribution in [0.25, 0.3) is 0 Å². The summed E-state index contributed by atoms with van der Waals surface area (Å²) >= 11 is 5.83. The van der Waals surface area contributed by atoms with Gasteiger partial charge in [-0.2, -0.15) is 5.10 Å². The zero-order valence-corrected chi connectivity index (χ0v) is 12.1. The largest absolute Gasteiger partial charge is 0.392 e. The Balaban J connectivity index is 2.06. The van der Waals surface area contributed by atoms with Crippen LogP contribution in [0.2, 0.25) is 5.02 Å². The molecule has 8 heteroatoms. The van der Waals surface area contributed by atoms with Gasteiger partial charge in [-0.25, -0.2) is 13.1 Å². The molecular formula is C12H14ClN3O3S. The first kappa shape index (κ1) is 15.0. The van der Waals surface area contributed by atoms with Gasteiger partial charge in [-0.05, 0) is 29.8 Å². The highest BCUT2D eigenvalue weighted by molar-refractivity contribution is 7.89. The number of nitrogens with one attached hydrogen (secondary N) is 1. The summed E-state index contributed by atoms with van der Waals surface area (Å²) in [4.78, 5) is 0.0754. The van der Waals surface area contributed by atoms with E-state index in [0.29, 0.717) is 17.1 Å². The lowest BCUT2D eigenvalue weighted by Crippen LogP contribution is -2.27. The molecule has 0 radical (unpaired) electrons. The second kappa shape index (κ2) is 6.36.